The zero-order valence-electron chi connectivity index (χ0n) is 29.9. The lowest BCUT2D eigenvalue weighted by Crippen LogP contribution is -2.27. The summed E-state index contributed by atoms with van der Waals surface area (Å²) < 4.78 is 0. The van der Waals surface area contributed by atoms with E-state index in [1.165, 1.54) is 60.1 Å². The number of benzene rings is 1. The highest BCUT2D eigenvalue weighted by atomic mass is 15.1. The van der Waals surface area contributed by atoms with E-state index in [1.54, 1.807) is 0 Å². The topological polar surface area (TPSA) is 27.6 Å². The van der Waals surface area contributed by atoms with Crippen LogP contribution in [0, 0.1) is 10.8 Å². The lowest BCUT2D eigenvalue weighted by atomic mass is 9.78. The summed E-state index contributed by atoms with van der Waals surface area (Å²) in [5, 5.41) is 3.47. The summed E-state index contributed by atoms with van der Waals surface area (Å²) in [6.45, 7) is 36.0. The van der Waals surface area contributed by atoms with Gasteiger partial charge in [-0.25, -0.2) is 0 Å². The van der Waals surface area contributed by atoms with Crippen molar-refractivity contribution in [3.8, 4) is 0 Å². The lowest BCUT2D eigenvalue weighted by molar-refractivity contribution is 0.205. The van der Waals surface area contributed by atoms with Gasteiger partial charge in [-0.05, 0) is 105 Å². The smallest absolute Gasteiger partial charge is 0.120 e. The maximum atomic E-state index is 4.51. The van der Waals surface area contributed by atoms with Gasteiger partial charge >= 0.3 is 0 Å². The Morgan fingerprint density at radius 1 is 0.929 bits per heavy atom. The molecule has 0 spiro atoms. The van der Waals surface area contributed by atoms with E-state index in [0.29, 0.717) is 10.8 Å². The third-order valence-corrected chi connectivity index (χ3v) is 7.42. The van der Waals surface area contributed by atoms with E-state index in [-0.39, 0.29) is 0 Å². The van der Waals surface area contributed by atoms with Gasteiger partial charge in [0.05, 0.1) is 0 Å². The van der Waals surface area contributed by atoms with Crippen LogP contribution in [-0.4, -0.2) is 30.4 Å². The molecule has 0 saturated carbocycles. The summed E-state index contributed by atoms with van der Waals surface area (Å²) >= 11 is 0. The van der Waals surface area contributed by atoms with Gasteiger partial charge in [-0.3, -0.25) is 4.99 Å². The summed E-state index contributed by atoms with van der Waals surface area (Å²) in [4.78, 5) is 7.08. The van der Waals surface area contributed by atoms with Gasteiger partial charge in [-0.2, -0.15) is 0 Å². The van der Waals surface area contributed by atoms with Gasteiger partial charge in [0, 0.05) is 31.9 Å². The van der Waals surface area contributed by atoms with Crippen molar-refractivity contribution in [1.29, 1.82) is 0 Å². The summed E-state index contributed by atoms with van der Waals surface area (Å²) in [5.74, 6) is 1.05. The van der Waals surface area contributed by atoms with Crippen molar-refractivity contribution in [2.75, 3.05) is 19.6 Å². The van der Waals surface area contributed by atoms with Crippen molar-refractivity contribution in [3.05, 3.63) is 71.5 Å². The maximum Gasteiger partial charge on any atom is 0.120 e. The Bertz CT molecular complexity index is 954. The minimum atomic E-state index is 0.373. The number of allylic oxidation sites excluding steroid dienone is 2. The fraction of sp³-hybridized carbons (Fsp3) is 0.667. The number of nitrogens with zero attached hydrogens (tertiary/aromatic N) is 2. The molecule has 240 valence electrons. The molecule has 0 fully saturated rings. The number of nitrogens with one attached hydrogen (secondary N) is 1. The van der Waals surface area contributed by atoms with E-state index in [1.807, 2.05) is 41.5 Å². The number of hydrogen-bond acceptors (Lipinski definition) is 3. The predicted octanol–water partition coefficient (Wildman–Crippen LogP) is 11.1. The molecule has 3 heteroatoms. The average molecular weight is 580 g/mol. The van der Waals surface area contributed by atoms with E-state index in [0.717, 1.165) is 57.7 Å². The van der Waals surface area contributed by atoms with E-state index in [9.17, 15) is 0 Å². The summed E-state index contributed by atoms with van der Waals surface area (Å²) in [5.41, 5.74) is 7.78. The second-order valence-electron chi connectivity index (χ2n) is 13.6. The third kappa shape index (κ3) is 18.3. The molecule has 3 nitrogen and oxygen atoms in total. The van der Waals surface area contributed by atoms with Gasteiger partial charge in [0.25, 0.3) is 0 Å². The molecule has 2 heterocycles. The number of amidine groups is 1. The Kier molecular flexibility index (Phi) is 20.2. The van der Waals surface area contributed by atoms with Crippen LogP contribution in [-0.2, 0) is 19.4 Å². The molecule has 0 aromatic heterocycles. The van der Waals surface area contributed by atoms with E-state index in [2.05, 4.69) is 93.3 Å². The van der Waals surface area contributed by atoms with Crippen LogP contribution in [0.5, 0.6) is 0 Å². The van der Waals surface area contributed by atoms with Crippen LogP contribution < -0.4 is 5.32 Å². The molecule has 0 saturated heterocycles. The fourth-order valence-corrected chi connectivity index (χ4v) is 4.79. The average Bonchev–Trinajstić information content (AvgIpc) is 3.11. The number of aryl methyl sites for hydroxylation is 2. The quantitative estimate of drug-likeness (QED) is 0.220. The molecule has 2 aliphatic heterocycles. The maximum absolute atomic E-state index is 4.51. The predicted molar refractivity (Wildman–Crippen MR) is 192 cm³/mol. The van der Waals surface area contributed by atoms with E-state index >= 15 is 0 Å². The highest BCUT2D eigenvalue weighted by Crippen LogP contribution is 2.34. The van der Waals surface area contributed by atoms with Crippen LogP contribution in [0.4, 0.5) is 0 Å². The molecule has 0 unspecified atom stereocenters. The summed E-state index contributed by atoms with van der Waals surface area (Å²) in [6.07, 6.45) is 14.9. The number of dihydropyridines is 1. The Hall–Kier alpha value is -2.29. The van der Waals surface area contributed by atoms with Gasteiger partial charge in [0.1, 0.15) is 5.84 Å². The van der Waals surface area contributed by atoms with Crippen molar-refractivity contribution in [1.82, 2.24) is 10.2 Å². The number of rotatable bonds is 10. The van der Waals surface area contributed by atoms with Gasteiger partial charge in [-0.15, -0.1) is 6.58 Å². The molecule has 0 amide bonds. The molecule has 0 bridgehead atoms. The van der Waals surface area contributed by atoms with Crippen LogP contribution >= 0.6 is 0 Å². The highest BCUT2D eigenvalue weighted by Gasteiger charge is 2.24. The summed E-state index contributed by atoms with van der Waals surface area (Å²) in [7, 11) is 0. The first-order valence-electron chi connectivity index (χ1n) is 16.9. The molecule has 0 atom stereocenters. The summed E-state index contributed by atoms with van der Waals surface area (Å²) in [6, 6.07) is 7.22. The van der Waals surface area contributed by atoms with Crippen molar-refractivity contribution in [3.63, 3.8) is 0 Å². The minimum Gasteiger partial charge on any atom is -0.371 e. The molecular formula is C39H69N3. The van der Waals surface area contributed by atoms with Crippen molar-refractivity contribution >= 4 is 5.84 Å². The number of hydrogen-bond donors (Lipinski definition) is 1. The standard InChI is InChI=1S/C31H49N3.C4H8.2C2H6/c1-25-13-15-27-16-14-26(11-7-9-20-32-29-12-8-10-21-33-29)23-28(27)24-34(25)22-19-31(5,6)18-17-30(2,3)4;1-4(2)3;2*1-2/h8,12,14,16,23H,1,7,9-11,13,15,17-22,24H2,2-6H3,(H,32,33);1H2,2-3H3;2*1-2H3. The van der Waals surface area contributed by atoms with Crippen LogP contribution in [0.1, 0.15) is 138 Å². The van der Waals surface area contributed by atoms with Crippen LogP contribution in [0.2, 0.25) is 0 Å². The van der Waals surface area contributed by atoms with E-state index in [4.69, 9.17) is 0 Å². The van der Waals surface area contributed by atoms with Crippen molar-refractivity contribution in [2.45, 2.75) is 140 Å². The van der Waals surface area contributed by atoms with Gasteiger partial charge in [0.2, 0.25) is 0 Å². The Labute approximate surface area is 263 Å². The SMILES string of the molecule is C=C(C)C.C=C1CCc2ccc(CCCCNC3=NCCC=C3)cc2CN1CCC(C)(C)CCC(C)(C)C.CC.CC. The van der Waals surface area contributed by atoms with E-state index < -0.39 is 0 Å². The Morgan fingerprint density at radius 3 is 2.19 bits per heavy atom. The Balaban J connectivity index is 0.00000190. The van der Waals surface area contributed by atoms with Crippen LogP contribution in [0.3, 0.4) is 0 Å². The lowest BCUT2D eigenvalue weighted by Gasteiger charge is -2.33. The molecule has 42 heavy (non-hydrogen) atoms. The second kappa shape index (κ2) is 21.4. The monoisotopic (exact) mass is 580 g/mol. The normalized spacial score (nSPS) is 14.5. The van der Waals surface area contributed by atoms with Gasteiger partial charge in [0.15, 0.2) is 0 Å². The molecule has 1 N–H and O–H groups in total. The Morgan fingerprint density at radius 2 is 1.60 bits per heavy atom. The van der Waals surface area contributed by atoms with Gasteiger partial charge in [-0.1, -0.05) is 98.7 Å². The first-order valence-corrected chi connectivity index (χ1v) is 16.9. The first-order chi connectivity index (χ1) is 19.8. The number of fused-ring (bicyclic) bond motifs is 1. The molecule has 0 aliphatic carbocycles. The third-order valence-electron chi connectivity index (χ3n) is 7.42. The van der Waals surface area contributed by atoms with Crippen molar-refractivity contribution < 1.29 is 0 Å². The molecule has 1 aromatic rings. The van der Waals surface area contributed by atoms with Crippen molar-refractivity contribution in [2.24, 2.45) is 15.8 Å². The number of unbranched alkanes of at least 4 members (excludes halogenated alkanes) is 1. The molecular weight excluding hydrogens is 510 g/mol. The minimum absolute atomic E-state index is 0.373. The van der Waals surface area contributed by atoms with Gasteiger partial charge < -0.3 is 10.2 Å². The highest BCUT2D eigenvalue weighted by molar-refractivity contribution is 5.93. The first kappa shape index (κ1) is 39.7. The molecule has 1 aromatic carbocycles. The zero-order chi connectivity index (χ0) is 32.2. The molecule has 3 rings (SSSR count). The van der Waals surface area contributed by atoms with Crippen LogP contribution in [0.25, 0.3) is 0 Å². The molecule has 0 radical (unpaired) electrons. The largest absolute Gasteiger partial charge is 0.371 e. The zero-order valence-corrected chi connectivity index (χ0v) is 29.9. The molecule has 2 aliphatic rings. The van der Waals surface area contributed by atoms with Crippen LogP contribution in [0.15, 0.2) is 59.8 Å². The number of aliphatic imine (C=N–C) groups is 1. The second-order valence-corrected chi connectivity index (χ2v) is 13.6. The fourth-order valence-electron chi connectivity index (χ4n) is 4.79.